The summed E-state index contributed by atoms with van der Waals surface area (Å²) in [5, 5.41) is 0.741. The molecule has 1 aliphatic heterocycles. The highest BCUT2D eigenvalue weighted by molar-refractivity contribution is 6.31. The molecule has 0 aliphatic carbocycles. The number of fused-ring (bicyclic) bond motifs is 1. The van der Waals surface area contributed by atoms with E-state index in [0.29, 0.717) is 11.6 Å². The van der Waals surface area contributed by atoms with Crippen LogP contribution in [0, 0.1) is 0 Å². The molecular formula is C20H17ClN2O2. The van der Waals surface area contributed by atoms with Gasteiger partial charge in [-0.2, -0.15) is 0 Å². The number of nitrogens with two attached hydrogens (primary N) is 1. The monoisotopic (exact) mass is 352 g/mol. The van der Waals surface area contributed by atoms with Crippen molar-refractivity contribution in [2.45, 2.75) is 18.9 Å². The Balaban J connectivity index is 1.53. The number of halogens is 1. The zero-order chi connectivity index (χ0) is 17.2. The van der Waals surface area contributed by atoms with Crippen molar-refractivity contribution in [1.82, 2.24) is 4.98 Å². The van der Waals surface area contributed by atoms with Crippen LogP contribution in [0.4, 0.5) is 5.69 Å². The van der Waals surface area contributed by atoms with Crippen LogP contribution >= 0.6 is 11.6 Å². The summed E-state index contributed by atoms with van der Waals surface area (Å²) in [5.41, 5.74) is 8.40. The second-order valence-corrected chi connectivity index (χ2v) is 6.38. The number of benzene rings is 2. The number of nitrogens with zero attached hydrogens (tertiary/aromatic N) is 1. The summed E-state index contributed by atoms with van der Waals surface area (Å²) in [5.74, 6) is 2.12. The molecule has 1 unspecified atom stereocenters. The molecule has 2 N–H and O–H groups in total. The number of hydrogen-bond donors (Lipinski definition) is 1. The maximum absolute atomic E-state index is 6.30. The smallest absolute Gasteiger partial charge is 0.219 e. The van der Waals surface area contributed by atoms with Gasteiger partial charge < -0.3 is 15.2 Å². The number of aryl methyl sites for hydroxylation is 1. The number of anilines is 1. The molecule has 0 fully saturated rings. The Labute approximate surface area is 151 Å². The average molecular weight is 353 g/mol. The average Bonchev–Trinajstić information content (AvgIpc) is 2.64. The zero-order valence-electron chi connectivity index (χ0n) is 13.5. The third kappa shape index (κ3) is 3.39. The van der Waals surface area contributed by atoms with Crippen molar-refractivity contribution in [3.8, 4) is 17.4 Å². The van der Waals surface area contributed by atoms with Crippen molar-refractivity contribution in [1.29, 1.82) is 0 Å². The first-order chi connectivity index (χ1) is 12.2. The topological polar surface area (TPSA) is 57.4 Å². The predicted octanol–water partition coefficient (Wildman–Crippen LogP) is 5.18. The van der Waals surface area contributed by atoms with E-state index in [-0.39, 0.29) is 6.10 Å². The van der Waals surface area contributed by atoms with Gasteiger partial charge in [0.1, 0.15) is 17.6 Å². The quantitative estimate of drug-likeness (QED) is 0.706. The molecule has 1 atom stereocenters. The van der Waals surface area contributed by atoms with Crippen LogP contribution in [0.15, 0.2) is 60.8 Å². The van der Waals surface area contributed by atoms with Crippen LogP contribution < -0.4 is 15.2 Å². The molecule has 3 aromatic rings. The van der Waals surface area contributed by atoms with E-state index in [9.17, 15) is 0 Å². The second kappa shape index (κ2) is 6.65. The highest BCUT2D eigenvalue weighted by Gasteiger charge is 2.23. The van der Waals surface area contributed by atoms with Crippen molar-refractivity contribution in [2.75, 3.05) is 5.73 Å². The third-order valence-corrected chi connectivity index (χ3v) is 4.55. The Morgan fingerprint density at radius 2 is 2.00 bits per heavy atom. The van der Waals surface area contributed by atoms with Gasteiger partial charge >= 0.3 is 0 Å². The van der Waals surface area contributed by atoms with Gasteiger partial charge in [-0.3, -0.25) is 0 Å². The molecule has 1 aliphatic rings. The number of nitrogen functional groups attached to an aromatic ring is 1. The molecule has 2 aromatic carbocycles. The Hall–Kier alpha value is -2.72. The molecule has 0 bridgehead atoms. The van der Waals surface area contributed by atoms with E-state index in [4.69, 9.17) is 26.8 Å². The number of hydrogen-bond acceptors (Lipinski definition) is 4. The van der Waals surface area contributed by atoms with Crippen LogP contribution in [0.5, 0.6) is 17.4 Å². The minimum atomic E-state index is -0.0215. The van der Waals surface area contributed by atoms with Gasteiger partial charge in [0.2, 0.25) is 5.88 Å². The second-order valence-electron chi connectivity index (χ2n) is 5.97. The van der Waals surface area contributed by atoms with Crippen LogP contribution in [0.25, 0.3) is 0 Å². The lowest BCUT2D eigenvalue weighted by atomic mass is 9.97. The standard InChI is InChI=1S/C20H17ClN2O2/c21-17-4-2-1-3-16(17)19-8-5-13-11-15(7-9-18(13)25-19)24-20-10-6-14(22)12-23-20/h1-4,6-7,9-12,19H,5,8,22H2. The van der Waals surface area contributed by atoms with Gasteiger partial charge in [-0.25, -0.2) is 4.98 Å². The number of rotatable bonds is 3. The highest BCUT2D eigenvalue weighted by Crippen LogP contribution is 2.39. The highest BCUT2D eigenvalue weighted by atomic mass is 35.5. The van der Waals surface area contributed by atoms with Gasteiger partial charge in [0.15, 0.2) is 0 Å². The van der Waals surface area contributed by atoms with Gasteiger partial charge in [-0.15, -0.1) is 0 Å². The lowest BCUT2D eigenvalue weighted by Crippen LogP contribution is -2.15. The third-order valence-electron chi connectivity index (χ3n) is 4.21. The Morgan fingerprint density at radius 3 is 2.80 bits per heavy atom. The summed E-state index contributed by atoms with van der Waals surface area (Å²) in [6.45, 7) is 0. The first-order valence-electron chi connectivity index (χ1n) is 8.12. The summed E-state index contributed by atoms with van der Waals surface area (Å²) < 4.78 is 11.9. The molecule has 4 nitrogen and oxygen atoms in total. The normalized spacial score (nSPS) is 16.0. The van der Waals surface area contributed by atoms with Crippen molar-refractivity contribution in [2.24, 2.45) is 0 Å². The molecule has 25 heavy (non-hydrogen) atoms. The van der Waals surface area contributed by atoms with Crippen LogP contribution in [0.1, 0.15) is 23.7 Å². The van der Waals surface area contributed by atoms with Crippen LogP contribution in [-0.2, 0) is 6.42 Å². The molecule has 4 rings (SSSR count). The van der Waals surface area contributed by atoms with Gasteiger partial charge in [0.05, 0.1) is 11.9 Å². The molecule has 0 amide bonds. The lowest BCUT2D eigenvalue weighted by molar-refractivity contribution is 0.176. The number of pyridine rings is 1. The molecule has 0 radical (unpaired) electrons. The van der Waals surface area contributed by atoms with Gasteiger partial charge in [0, 0.05) is 16.7 Å². The van der Waals surface area contributed by atoms with E-state index in [2.05, 4.69) is 4.98 Å². The summed E-state index contributed by atoms with van der Waals surface area (Å²) in [7, 11) is 0. The minimum Gasteiger partial charge on any atom is -0.485 e. The molecule has 2 heterocycles. The Kier molecular flexibility index (Phi) is 4.20. The summed E-state index contributed by atoms with van der Waals surface area (Å²) in [6.07, 6.45) is 3.33. The molecule has 1 aromatic heterocycles. The van der Waals surface area contributed by atoms with Crippen molar-refractivity contribution in [3.63, 3.8) is 0 Å². The van der Waals surface area contributed by atoms with Crippen molar-refractivity contribution >= 4 is 17.3 Å². The zero-order valence-corrected chi connectivity index (χ0v) is 14.2. The van der Waals surface area contributed by atoms with Gasteiger partial charge in [-0.05, 0) is 48.7 Å². The number of aromatic nitrogens is 1. The fourth-order valence-corrected chi connectivity index (χ4v) is 3.21. The first kappa shape index (κ1) is 15.8. The maximum atomic E-state index is 6.30. The molecule has 0 spiro atoms. The molecule has 0 saturated heterocycles. The van der Waals surface area contributed by atoms with E-state index in [1.54, 1.807) is 18.3 Å². The Morgan fingerprint density at radius 1 is 1.12 bits per heavy atom. The molecule has 126 valence electrons. The summed E-state index contributed by atoms with van der Waals surface area (Å²) in [6, 6.07) is 17.1. The van der Waals surface area contributed by atoms with E-state index in [1.807, 2.05) is 42.5 Å². The van der Waals surface area contributed by atoms with Gasteiger partial charge in [0.25, 0.3) is 0 Å². The minimum absolute atomic E-state index is 0.0215. The van der Waals surface area contributed by atoms with Crippen molar-refractivity contribution in [3.05, 3.63) is 76.9 Å². The fraction of sp³-hybridized carbons (Fsp3) is 0.150. The largest absolute Gasteiger partial charge is 0.485 e. The van der Waals surface area contributed by atoms with Crippen LogP contribution in [0.3, 0.4) is 0 Å². The van der Waals surface area contributed by atoms with E-state index in [1.165, 1.54) is 0 Å². The Bertz CT molecular complexity index is 896. The van der Waals surface area contributed by atoms with Crippen LogP contribution in [-0.4, -0.2) is 4.98 Å². The van der Waals surface area contributed by atoms with E-state index >= 15 is 0 Å². The van der Waals surface area contributed by atoms with Crippen LogP contribution in [0.2, 0.25) is 5.02 Å². The van der Waals surface area contributed by atoms with Gasteiger partial charge in [-0.1, -0.05) is 29.8 Å². The lowest BCUT2D eigenvalue weighted by Gasteiger charge is -2.27. The summed E-state index contributed by atoms with van der Waals surface area (Å²) >= 11 is 6.30. The number of ether oxygens (including phenoxy) is 2. The molecule has 0 saturated carbocycles. The molecule has 5 heteroatoms. The van der Waals surface area contributed by atoms with E-state index in [0.717, 1.165) is 40.5 Å². The maximum Gasteiger partial charge on any atom is 0.219 e. The SMILES string of the molecule is Nc1ccc(Oc2ccc3c(c2)CCC(c2ccccc2Cl)O3)nc1. The molecular weight excluding hydrogens is 336 g/mol. The van der Waals surface area contributed by atoms with E-state index < -0.39 is 0 Å². The first-order valence-corrected chi connectivity index (χ1v) is 8.50. The summed E-state index contributed by atoms with van der Waals surface area (Å²) in [4.78, 5) is 4.15. The van der Waals surface area contributed by atoms with Crippen molar-refractivity contribution < 1.29 is 9.47 Å². The predicted molar refractivity (Wildman–Crippen MR) is 98.3 cm³/mol. The fourth-order valence-electron chi connectivity index (χ4n) is 2.96.